The van der Waals surface area contributed by atoms with Crippen LogP contribution in [0.4, 0.5) is 5.69 Å². The zero-order valence-corrected chi connectivity index (χ0v) is 17.4. The Morgan fingerprint density at radius 2 is 1.67 bits per heavy atom. The van der Waals surface area contributed by atoms with Crippen molar-refractivity contribution in [1.29, 1.82) is 0 Å². The minimum absolute atomic E-state index is 0.138. The Bertz CT molecular complexity index is 990. The lowest BCUT2D eigenvalue weighted by atomic mass is 9.87. The molecule has 2 aromatic carbocycles. The molecular formula is C22H25N5O3. The molecular weight excluding hydrogens is 382 g/mol. The average molecular weight is 407 g/mol. The summed E-state index contributed by atoms with van der Waals surface area (Å²) in [6, 6.07) is 18.8. The molecule has 3 aromatic rings. The number of ether oxygens (including phenoxy) is 1. The van der Waals surface area contributed by atoms with Crippen molar-refractivity contribution in [3.63, 3.8) is 0 Å². The van der Waals surface area contributed by atoms with Gasteiger partial charge in [-0.25, -0.2) is 4.68 Å². The summed E-state index contributed by atoms with van der Waals surface area (Å²) in [5.41, 5.74) is -0.0807. The SMILES string of the molecule is CCOC(=O)C(C)(C(=O)N(CC)c1ccccc1)c1nnnn1Cc1ccccc1. The van der Waals surface area contributed by atoms with E-state index in [1.54, 1.807) is 11.8 Å². The smallest absolute Gasteiger partial charge is 0.329 e. The highest BCUT2D eigenvalue weighted by Gasteiger charge is 2.51. The lowest BCUT2D eigenvalue weighted by molar-refractivity contribution is -0.153. The van der Waals surface area contributed by atoms with E-state index in [1.165, 1.54) is 11.6 Å². The summed E-state index contributed by atoms with van der Waals surface area (Å²) in [4.78, 5) is 28.4. The fourth-order valence-corrected chi connectivity index (χ4v) is 3.30. The third kappa shape index (κ3) is 4.07. The van der Waals surface area contributed by atoms with Gasteiger partial charge in [0.05, 0.1) is 13.2 Å². The van der Waals surface area contributed by atoms with Gasteiger partial charge in [-0.05, 0) is 48.9 Å². The van der Waals surface area contributed by atoms with E-state index in [1.807, 2.05) is 67.6 Å². The maximum absolute atomic E-state index is 13.7. The van der Waals surface area contributed by atoms with Gasteiger partial charge in [-0.3, -0.25) is 9.59 Å². The Hall–Kier alpha value is -3.55. The highest BCUT2D eigenvalue weighted by molar-refractivity contribution is 6.14. The van der Waals surface area contributed by atoms with Gasteiger partial charge in [0, 0.05) is 12.2 Å². The number of nitrogens with zero attached hydrogens (tertiary/aromatic N) is 5. The van der Waals surface area contributed by atoms with Crippen LogP contribution in [-0.2, 0) is 26.3 Å². The summed E-state index contributed by atoms with van der Waals surface area (Å²) >= 11 is 0. The molecule has 8 nitrogen and oxygen atoms in total. The van der Waals surface area contributed by atoms with Crippen LogP contribution in [0, 0.1) is 0 Å². The minimum Gasteiger partial charge on any atom is -0.465 e. The van der Waals surface area contributed by atoms with Crippen LogP contribution in [0.2, 0.25) is 0 Å². The van der Waals surface area contributed by atoms with E-state index in [0.717, 1.165) is 5.56 Å². The van der Waals surface area contributed by atoms with Crippen LogP contribution < -0.4 is 4.90 Å². The van der Waals surface area contributed by atoms with Gasteiger partial charge < -0.3 is 9.64 Å². The predicted octanol–water partition coefficient (Wildman–Crippen LogP) is 2.60. The number of tetrazole rings is 1. The van der Waals surface area contributed by atoms with Crippen molar-refractivity contribution in [2.24, 2.45) is 0 Å². The van der Waals surface area contributed by atoms with Gasteiger partial charge >= 0.3 is 5.97 Å². The maximum Gasteiger partial charge on any atom is 0.329 e. The molecule has 0 aliphatic rings. The fourth-order valence-electron chi connectivity index (χ4n) is 3.30. The van der Waals surface area contributed by atoms with Gasteiger partial charge in [-0.2, -0.15) is 0 Å². The third-order valence-corrected chi connectivity index (χ3v) is 4.89. The van der Waals surface area contributed by atoms with E-state index in [0.29, 0.717) is 18.8 Å². The molecule has 1 unspecified atom stereocenters. The number of benzene rings is 2. The van der Waals surface area contributed by atoms with E-state index in [2.05, 4.69) is 15.5 Å². The van der Waals surface area contributed by atoms with Crippen LogP contribution >= 0.6 is 0 Å². The monoisotopic (exact) mass is 407 g/mol. The van der Waals surface area contributed by atoms with Gasteiger partial charge in [0.1, 0.15) is 0 Å². The molecule has 0 spiro atoms. The topological polar surface area (TPSA) is 90.2 Å². The summed E-state index contributed by atoms with van der Waals surface area (Å²) in [6.07, 6.45) is 0. The van der Waals surface area contributed by atoms with E-state index in [9.17, 15) is 9.59 Å². The van der Waals surface area contributed by atoms with E-state index in [-0.39, 0.29) is 12.4 Å². The van der Waals surface area contributed by atoms with E-state index in [4.69, 9.17) is 4.74 Å². The number of hydrogen-bond donors (Lipinski definition) is 0. The Labute approximate surface area is 175 Å². The first-order chi connectivity index (χ1) is 14.5. The summed E-state index contributed by atoms with van der Waals surface area (Å²) in [6.45, 7) is 5.90. The minimum atomic E-state index is -1.71. The van der Waals surface area contributed by atoms with Gasteiger partial charge in [-0.1, -0.05) is 48.5 Å². The quantitative estimate of drug-likeness (QED) is 0.421. The molecule has 0 radical (unpaired) electrons. The van der Waals surface area contributed by atoms with E-state index >= 15 is 0 Å². The van der Waals surface area contributed by atoms with Gasteiger partial charge in [0.2, 0.25) is 5.41 Å². The molecule has 0 N–H and O–H groups in total. The third-order valence-electron chi connectivity index (χ3n) is 4.89. The summed E-state index contributed by atoms with van der Waals surface area (Å²) < 4.78 is 6.77. The van der Waals surface area contributed by atoms with Crippen molar-refractivity contribution in [1.82, 2.24) is 20.2 Å². The van der Waals surface area contributed by atoms with Crippen LogP contribution in [0.5, 0.6) is 0 Å². The van der Waals surface area contributed by atoms with Crippen molar-refractivity contribution < 1.29 is 14.3 Å². The Morgan fingerprint density at radius 1 is 1.03 bits per heavy atom. The second-order valence-corrected chi connectivity index (χ2v) is 6.88. The first kappa shape index (κ1) is 21.2. The lowest BCUT2D eigenvalue weighted by Crippen LogP contribution is -2.52. The van der Waals surface area contributed by atoms with Gasteiger partial charge in [-0.15, -0.1) is 5.10 Å². The summed E-state index contributed by atoms with van der Waals surface area (Å²) in [5.74, 6) is -0.989. The number of carbonyl (C=O) groups excluding carboxylic acids is 2. The van der Waals surface area contributed by atoms with Crippen molar-refractivity contribution in [3.05, 3.63) is 72.1 Å². The molecule has 0 saturated heterocycles. The van der Waals surface area contributed by atoms with Crippen molar-refractivity contribution in [3.8, 4) is 0 Å². The fraction of sp³-hybridized carbons (Fsp3) is 0.318. The normalized spacial score (nSPS) is 12.8. The number of aromatic nitrogens is 4. The van der Waals surface area contributed by atoms with Crippen LogP contribution in [0.3, 0.4) is 0 Å². The number of amides is 1. The van der Waals surface area contributed by atoms with Crippen LogP contribution in [0.1, 0.15) is 32.2 Å². The molecule has 1 atom stereocenters. The number of carbonyl (C=O) groups is 2. The Morgan fingerprint density at radius 3 is 2.27 bits per heavy atom. The van der Waals surface area contributed by atoms with Gasteiger partial charge in [0.25, 0.3) is 5.91 Å². The number of hydrogen-bond acceptors (Lipinski definition) is 6. The summed E-state index contributed by atoms with van der Waals surface area (Å²) in [5, 5.41) is 11.9. The molecule has 0 fully saturated rings. The highest BCUT2D eigenvalue weighted by atomic mass is 16.5. The Balaban J connectivity index is 2.06. The highest BCUT2D eigenvalue weighted by Crippen LogP contribution is 2.29. The molecule has 0 aliphatic carbocycles. The molecule has 3 rings (SSSR count). The standard InChI is InChI=1S/C22H25N5O3/c1-4-26(18-14-10-7-11-15-18)20(28)22(3,21(29)30-5-2)19-23-24-25-27(19)16-17-12-8-6-9-13-17/h6-15H,4-5,16H2,1-3H3. The summed E-state index contributed by atoms with van der Waals surface area (Å²) in [7, 11) is 0. The maximum atomic E-state index is 13.7. The van der Waals surface area contributed by atoms with Crippen LogP contribution in [0.15, 0.2) is 60.7 Å². The lowest BCUT2D eigenvalue weighted by Gasteiger charge is -2.31. The predicted molar refractivity (Wildman–Crippen MR) is 112 cm³/mol. The molecule has 1 heterocycles. The zero-order chi connectivity index (χ0) is 21.6. The molecule has 0 aliphatic heterocycles. The van der Waals surface area contributed by atoms with Crippen molar-refractivity contribution >= 4 is 17.6 Å². The first-order valence-electron chi connectivity index (χ1n) is 9.87. The molecule has 0 bridgehead atoms. The molecule has 1 aromatic heterocycles. The Kier molecular flexibility index (Phi) is 6.56. The molecule has 0 saturated carbocycles. The number of para-hydroxylation sites is 1. The second kappa shape index (κ2) is 9.30. The first-order valence-corrected chi connectivity index (χ1v) is 9.87. The molecule has 156 valence electrons. The zero-order valence-electron chi connectivity index (χ0n) is 17.4. The van der Waals surface area contributed by atoms with Crippen molar-refractivity contribution in [2.75, 3.05) is 18.1 Å². The van der Waals surface area contributed by atoms with Crippen LogP contribution in [0.25, 0.3) is 0 Å². The largest absolute Gasteiger partial charge is 0.465 e. The molecule has 30 heavy (non-hydrogen) atoms. The molecule has 8 heteroatoms. The van der Waals surface area contributed by atoms with E-state index < -0.39 is 17.3 Å². The number of likely N-dealkylation sites (N-methyl/N-ethyl adjacent to an activating group) is 1. The van der Waals surface area contributed by atoms with Gasteiger partial charge in [0.15, 0.2) is 5.82 Å². The average Bonchev–Trinajstić information content (AvgIpc) is 3.23. The number of esters is 1. The molecule has 1 amide bonds. The number of rotatable bonds is 8. The number of anilines is 1. The van der Waals surface area contributed by atoms with Crippen molar-refractivity contribution in [2.45, 2.75) is 32.7 Å². The second-order valence-electron chi connectivity index (χ2n) is 6.88. The van der Waals surface area contributed by atoms with Crippen LogP contribution in [-0.4, -0.2) is 45.2 Å².